The smallest absolute Gasteiger partial charge is 0.101 e. The van der Waals surface area contributed by atoms with Crippen LogP contribution in [0.4, 0.5) is 11.4 Å². The molecule has 4 nitrogen and oxygen atoms in total. The van der Waals surface area contributed by atoms with Crippen LogP contribution in [0, 0.1) is 11.3 Å². The van der Waals surface area contributed by atoms with Crippen LogP contribution in [0.2, 0.25) is 0 Å². The molecule has 114 valence electrons. The second kappa shape index (κ2) is 6.82. The van der Waals surface area contributed by atoms with E-state index >= 15 is 0 Å². The summed E-state index contributed by atoms with van der Waals surface area (Å²) in [5.41, 5.74) is 2.62. The summed E-state index contributed by atoms with van der Waals surface area (Å²) in [6, 6.07) is 12.4. The quantitative estimate of drug-likeness (QED) is 0.910. The molecule has 3 rings (SSSR count). The zero-order valence-electron chi connectivity index (χ0n) is 12.3. The van der Waals surface area contributed by atoms with Gasteiger partial charge in [0.1, 0.15) is 6.07 Å². The molecule has 1 aliphatic heterocycles. The molecule has 0 aliphatic carbocycles. The first-order valence-electron chi connectivity index (χ1n) is 7.49. The molecule has 2 N–H and O–H groups in total. The number of rotatable bonds is 4. The Kier molecular flexibility index (Phi) is 4.62. The number of nitrogens with one attached hydrogen (secondary N) is 1. The number of anilines is 2. The zero-order valence-corrected chi connectivity index (χ0v) is 13.1. The minimum atomic E-state index is -0.200. The van der Waals surface area contributed by atoms with E-state index < -0.39 is 0 Å². The van der Waals surface area contributed by atoms with E-state index in [0.717, 1.165) is 43.9 Å². The molecule has 2 aromatic rings. The Hall–Kier alpha value is -2.03. The van der Waals surface area contributed by atoms with Gasteiger partial charge < -0.3 is 15.3 Å². The highest BCUT2D eigenvalue weighted by Crippen LogP contribution is 2.27. The maximum Gasteiger partial charge on any atom is 0.101 e. The van der Waals surface area contributed by atoms with E-state index in [9.17, 15) is 10.4 Å². The van der Waals surface area contributed by atoms with Gasteiger partial charge in [-0.15, -0.1) is 11.3 Å². The third-order valence-electron chi connectivity index (χ3n) is 3.97. The molecule has 0 unspecified atom stereocenters. The normalized spacial score (nSPS) is 15.5. The number of piperidine rings is 1. The third kappa shape index (κ3) is 3.41. The molecule has 1 saturated heterocycles. The number of thiophene rings is 1. The number of nitrogens with zero attached hydrogens (tertiary/aromatic N) is 2. The Morgan fingerprint density at radius 1 is 1.32 bits per heavy atom. The van der Waals surface area contributed by atoms with Crippen LogP contribution in [0.15, 0.2) is 35.7 Å². The second-order valence-electron chi connectivity index (χ2n) is 5.49. The van der Waals surface area contributed by atoms with Crippen molar-refractivity contribution < 1.29 is 5.11 Å². The summed E-state index contributed by atoms with van der Waals surface area (Å²) in [6.07, 6.45) is 1.33. The van der Waals surface area contributed by atoms with E-state index in [0.29, 0.717) is 5.56 Å². The summed E-state index contributed by atoms with van der Waals surface area (Å²) >= 11 is 1.72. The molecular formula is C17H19N3OS. The summed E-state index contributed by atoms with van der Waals surface area (Å²) < 4.78 is 0. The minimum Gasteiger partial charge on any atom is -0.393 e. The second-order valence-corrected chi connectivity index (χ2v) is 6.53. The molecule has 0 amide bonds. The summed E-state index contributed by atoms with van der Waals surface area (Å²) in [5.74, 6) is 0. The van der Waals surface area contributed by atoms with Crippen molar-refractivity contribution in [2.45, 2.75) is 25.5 Å². The SMILES string of the molecule is N#Cc1cc(NCc2cccs2)ccc1N1CCC(O)CC1. The summed E-state index contributed by atoms with van der Waals surface area (Å²) in [6.45, 7) is 2.38. The van der Waals surface area contributed by atoms with E-state index in [4.69, 9.17) is 0 Å². The topological polar surface area (TPSA) is 59.3 Å². The molecular weight excluding hydrogens is 294 g/mol. The Balaban J connectivity index is 1.72. The van der Waals surface area contributed by atoms with E-state index in [1.54, 1.807) is 11.3 Å². The molecule has 0 bridgehead atoms. The van der Waals surface area contributed by atoms with Crippen LogP contribution >= 0.6 is 11.3 Å². The van der Waals surface area contributed by atoms with Gasteiger partial charge in [0.05, 0.1) is 17.4 Å². The summed E-state index contributed by atoms with van der Waals surface area (Å²) in [5, 5.41) is 24.5. The first-order chi connectivity index (χ1) is 10.8. The van der Waals surface area contributed by atoms with Crippen LogP contribution in [0.3, 0.4) is 0 Å². The van der Waals surface area contributed by atoms with Gasteiger partial charge >= 0.3 is 0 Å². The van der Waals surface area contributed by atoms with Gasteiger partial charge in [0.2, 0.25) is 0 Å². The van der Waals surface area contributed by atoms with E-state index in [-0.39, 0.29) is 6.10 Å². The van der Waals surface area contributed by atoms with Crippen LogP contribution in [0.1, 0.15) is 23.3 Å². The Morgan fingerprint density at radius 2 is 2.14 bits per heavy atom. The van der Waals surface area contributed by atoms with Crippen molar-refractivity contribution in [3.05, 3.63) is 46.2 Å². The lowest BCUT2D eigenvalue weighted by molar-refractivity contribution is 0.145. The fourth-order valence-corrected chi connectivity index (χ4v) is 3.36. The minimum absolute atomic E-state index is 0.200. The first kappa shape index (κ1) is 14.9. The zero-order chi connectivity index (χ0) is 15.4. The van der Waals surface area contributed by atoms with Crippen molar-refractivity contribution >= 4 is 22.7 Å². The molecule has 0 radical (unpaired) electrons. The van der Waals surface area contributed by atoms with Gasteiger partial charge in [-0.3, -0.25) is 0 Å². The maximum absolute atomic E-state index is 9.60. The molecule has 2 heterocycles. The van der Waals surface area contributed by atoms with Crippen molar-refractivity contribution in [1.29, 1.82) is 5.26 Å². The Labute approximate surface area is 134 Å². The van der Waals surface area contributed by atoms with Crippen LogP contribution in [0.25, 0.3) is 0 Å². The highest BCUT2D eigenvalue weighted by atomic mass is 32.1. The highest BCUT2D eigenvalue weighted by Gasteiger charge is 2.19. The van der Waals surface area contributed by atoms with E-state index in [1.807, 2.05) is 24.3 Å². The molecule has 22 heavy (non-hydrogen) atoms. The van der Waals surface area contributed by atoms with Crippen LogP contribution in [-0.2, 0) is 6.54 Å². The number of aliphatic hydroxyl groups excluding tert-OH is 1. The lowest BCUT2D eigenvalue weighted by Crippen LogP contribution is -2.36. The lowest BCUT2D eigenvalue weighted by Gasteiger charge is -2.32. The van der Waals surface area contributed by atoms with E-state index in [1.165, 1.54) is 4.88 Å². The van der Waals surface area contributed by atoms with Crippen molar-refractivity contribution in [3.8, 4) is 6.07 Å². The molecule has 0 saturated carbocycles. The molecule has 1 aromatic heterocycles. The predicted octanol–water partition coefficient (Wildman–Crippen LogP) is 3.19. The maximum atomic E-state index is 9.60. The van der Waals surface area contributed by atoms with Crippen LogP contribution < -0.4 is 10.2 Å². The molecule has 0 atom stereocenters. The van der Waals surface area contributed by atoms with Crippen molar-refractivity contribution in [1.82, 2.24) is 0 Å². The van der Waals surface area contributed by atoms with Gasteiger partial charge in [-0.05, 0) is 42.5 Å². The summed E-state index contributed by atoms with van der Waals surface area (Å²) in [7, 11) is 0. The average Bonchev–Trinajstić information content (AvgIpc) is 3.07. The van der Waals surface area contributed by atoms with Gasteiger partial charge in [-0.25, -0.2) is 0 Å². The van der Waals surface area contributed by atoms with Crippen molar-refractivity contribution in [2.24, 2.45) is 0 Å². The fraction of sp³-hybridized carbons (Fsp3) is 0.353. The number of aliphatic hydroxyl groups is 1. The van der Waals surface area contributed by atoms with Crippen molar-refractivity contribution in [2.75, 3.05) is 23.3 Å². The standard InChI is InChI=1S/C17H19N3OS/c18-11-13-10-14(19-12-16-2-1-9-22-16)3-4-17(13)20-7-5-15(21)6-8-20/h1-4,9-10,15,19,21H,5-8,12H2. The van der Waals surface area contributed by atoms with Crippen molar-refractivity contribution in [3.63, 3.8) is 0 Å². The van der Waals surface area contributed by atoms with Crippen LogP contribution in [-0.4, -0.2) is 24.3 Å². The van der Waals surface area contributed by atoms with E-state index in [2.05, 4.69) is 27.7 Å². The van der Waals surface area contributed by atoms with Gasteiger partial charge in [-0.1, -0.05) is 6.07 Å². The average molecular weight is 313 g/mol. The molecule has 1 aliphatic rings. The largest absolute Gasteiger partial charge is 0.393 e. The number of benzene rings is 1. The first-order valence-corrected chi connectivity index (χ1v) is 8.37. The number of nitriles is 1. The Morgan fingerprint density at radius 3 is 2.82 bits per heavy atom. The third-order valence-corrected chi connectivity index (χ3v) is 4.85. The molecule has 1 aromatic carbocycles. The molecule has 5 heteroatoms. The fourth-order valence-electron chi connectivity index (χ4n) is 2.72. The monoisotopic (exact) mass is 313 g/mol. The lowest BCUT2D eigenvalue weighted by atomic mass is 10.0. The number of hydrogen-bond donors (Lipinski definition) is 2. The van der Waals surface area contributed by atoms with Gasteiger partial charge in [0, 0.05) is 30.2 Å². The van der Waals surface area contributed by atoms with Gasteiger partial charge in [0.25, 0.3) is 0 Å². The van der Waals surface area contributed by atoms with Gasteiger partial charge in [-0.2, -0.15) is 5.26 Å². The Bertz CT molecular complexity index is 655. The predicted molar refractivity (Wildman–Crippen MR) is 90.3 cm³/mol. The summed E-state index contributed by atoms with van der Waals surface area (Å²) in [4.78, 5) is 3.46. The highest BCUT2D eigenvalue weighted by molar-refractivity contribution is 7.09. The van der Waals surface area contributed by atoms with Gasteiger partial charge in [0.15, 0.2) is 0 Å². The molecule has 0 spiro atoms. The van der Waals surface area contributed by atoms with Crippen LogP contribution in [0.5, 0.6) is 0 Å². The molecule has 1 fully saturated rings. The number of hydrogen-bond acceptors (Lipinski definition) is 5.